The molecule has 0 spiro atoms. The zero-order valence-corrected chi connectivity index (χ0v) is 16.1. The normalized spacial score (nSPS) is 16.9. The molecule has 148 valence electrons. The van der Waals surface area contributed by atoms with Crippen LogP contribution in [0, 0.1) is 0 Å². The van der Waals surface area contributed by atoms with Crippen molar-refractivity contribution in [3.05, 3.63) is 35.4 Å². The molecule has 0 bridgehead atoms. The van der Waals surface area contributed by atoms with Crippen LogP contribution >= 0.6 is 0 Å². The number of aryl methyl sites for hydroxylation is 1. The molecule has 1 heterocycles. The third-order valence-corrected chi connectivity index (χ3v) is 5.30. The van der Waals surface area contributed by atoms with E-state index < -0.39 is 11.3 Å². The Labute approximate surface area is 157 Å². The van der Waals surface area contributed by atoms with Gasteiger partial charge in [-0.05, 0) is 24.8 Å². The minimum atomic E-state index is -1.01. The molecule has 0 unspecified atom stereocenters. The van der Waals surface area contributed by atoms with E-state index in [1.165, 1.54) is 37.7 Å². The van der Waals surface area contributed by atoms with Gasteiger partial charge in [-0.25, -0.2) is 0 Å². The number of nitrogens with two attached hydrogens (primary N) is 1. The maximum absolute atomic E-state index is 9.42. The average Bonchev–Trinajstić information content (AvgIpc) is 3.17. The Hall–Kier alpha value is -0.980. The Kier molecular flexibility index (Phi) is 8.51. The van der Waals surface area contributed by atoms with E-state index in [1.54, 1.807) is 0 Å². The van der Waals surface area contributed by atoms with Crippen molar-refractivity contribution in [1.82, 2.24) is 0 Å². The van der Waals surface area contributed by atoms with Crippen LogP contribution in [-0.4, -0.2) is 42.2 Å². The predicted molar refractivity (Wildman–Crippen MR) is 103 cm³/mol. The molecule has 0 atom stereocenters. The lowest BCUT2D eigenvalue weighted by Crippen LogP contribution is -2.48. The molecule has 0 aliphatic carbocycles. The van der Waals surface area contributed by atoms with E-state index in [0.717, 1.165) is 12.0 Å². The Balaban J connectivity index is 1.96. The largest absolute Gasteiger partial charge is 0.394 e. The Morgan fingerprint density at radius 1 is 1.00 bits per heavy atom. The van der Waals surface area contributed by atoms with Crippen LogP contribution < -0.4 is 5.73 Å². The molecule has 0 aromatic heterocycles. The number of unbranched alkanes of at least 4 members (excludes halogenated alkanes) is 4. The van der Waals surface area contributed by atoms with E-state index in [4.69, 9.17) is 15.2 Å². The molecule has 4 N–H and O–H groups in total. The summed E-state index contributed by atoms with van der Waals surface area (Å²) in [6, 6.07) is 8.44. The van der Waals surface area contributed by atoms with Gasteiger partial charge in [0.2, 0.25) is 0 Å². The molecule has 0 radical (unpaired) electrons. The smallest absolute Gasteiger partial charge is 0.195 e. The molecule has 0 amide bonds. The van der Waals surface area contributed by atoms with E-state index in [1.807, 2.05) is 0 Å². The highest BCUT2D eigenvalue weighted by atomic mass is 16.7. The molecule has 1 aliphatic heterocycles. The first-order valence-corrected chi connectivity index (χ1v) is 9.95. The van der Waals surface area contributed by atoms with Gasteiger partial charge in [-0.3, -0.25) is 0 Å². The second-order valence-corrected chi connectivity index (χ2v) is 7.49. The summed E-state index contributed by atoms with van der Waals surface area (Å²) in [6.45, 7) is 2.77. The second kappa shape index (κ2) is 10.4. The van der Waals surface area contributed by atoms with Crippen molar-refractivity contribution in [1.29, 1.82) is 0 Å². The van der Waals surface area contributed by atoms with Crippen molar-refractivity contribution in [3.63, 3.8) is 0 Å². The van der Waals surface area contributed by atoms with Gasteiger partial charge in [-0.1, -0.05) is 56.9 Å². The number of hydrogen-bond donors (Lipinski definition) is 3. The maximum Gasteiger partial charge on any atom is 0.195 e. The van der Waals surface area contributed by atoms with Gasteiger partial charge in [0.1, 0.15) is 0 Å². The van der Waals surface area contributed by atoms with E-state index in [9.17, 15) is 10.2 Å². The lowest BCUT2D eigenvalue weighted by molar-refractivity contribution is -0.174. The van der Waals surface area contributed by atoms with Gasteiger partial charge >= 0.3 is 0 Å². The topological polar surface area (TPSA) is 84.9 Å². The molecular formula is C21H35NO4. The van der Waals surface area contributed by atoms with Crippen molar-refractivity contribution in [2.75, 3.05) is 26.4 Å². The van der Waals surface area contributed by atoms with Gasteiger partial charge in [-0.15, -0.1) is 0 Å². The van der Waals surface area contributed by atoms with Crippen molar-refractivity contribution >= 4 is 0 Å². The van der Waals surface area contributed by atoms with E-state index in [-0.39, 0.29) is 13.2 Å². The molecule has 1 aromatic rings. The number of rotatable bonds is 12. The van der Waals surface area contributed by atoms with Crippen LogP contribution in [0.5, 0.6) is 0 Å². The Morgan fingerprint density at radius 3 is 2.19 bits per heavy atom. The van der Waals surface area contributed by atoms with Crippen LogP contribution in [0.1, 0.15) is 63.0 Å². The second-order valence-electron chi connectivity index (χ2n) is 7.49. The molecule has 2 rings (SSSR count). The lowest BCUT2D eigenvalue weighted by Gasteiger charge is -2.32. The fraction of sp³-hybridized carbons (Fsp3) is 0.714. The van der Waals surface area contributed by atoms with Crippen LogP contribution in [0.3, 0.4) is 0 Å². The Bertz CT molecular complexity index is 507. The molecule has 5 heteroatoms. The van der Waals surface area contributed by atoms with Crippen LogP contribution in [-0.2, 0) is 21.7 Å². The highest BCUT2D eigenvalue weighted by molar-refractivity contribution is 5.26. The number of aliphatic hydroxyl groups is 2. The van der Waals surface area contributed by atoms with Gasteiger partial charge in [-0.2, -0.15) is 0 Å². The average molecular weight is 366 g/mol. The highest BCUT2D eigenvalue weighted by Crippen LogP contribution is 2.37. The molecule has 5 nitrogen and oxygen atoms in total. The van der Waals surface area contributed by atoms with Gasteiger partial charge < -0.3 is 25.4 Å². The van der Waals surface area contributed by atoms with Crippen molar-refractivity contribution in [2.45, 2.75) is 69.6 Å². The number of benzene rings is 1. The first-order chi connectivity index (χ1) is 12.6. The third-order valence-electron chi connectivity index (χ3n) is 5.30. The summed E-state index contributed by atoms with van der Waals surface area (Å²) in [6.07, 6.45) is 8.43. The number of aliphatic hydroxyl groups excluding tert-OH is 2. The van der Waals surface area contributed by atoms with Crippen LogP contribution in [0.25, 0.3) is 0 Å². The number of ether oxygens (including phenoxy) is 2. The van der Waals surface area contributed by atoms with Gasteiger partial charge in [0.15, 0.2) is 5.79 Å². The zero-order chi connectivity index (χ0) is 18.9. The fourth-order valence-electron chi connectivity index (χ4n) is 3.39. The highest BCUT2D eigenvalue weighted by Gasteiger charge is 2.40. The molecule has 1 fully saturated rings. The summed E-state index contributed by atoms with van der Waals surface area (Å²) < 4.78 is 11.9. The molecular weight excluding hydrogens is 330 g/mol. The minimum Gasteiger partial charge on any atom is -0.394 e. The van der Waals surface area contributed by atoms with Gasteiger partial charge in [0.05, 0.1) is 32.0 Å². The quantitative estimate of drug-likeness (QED) is 0.496. The molecule has 1 aliphatic rings. The fourth-order valence-corrected chi connectivity index (χ4v) is 3.39. The van der Waals surface area contributed by atoms with Crippen molar-refractivity contribution in [2.24, 2.45) is 5.73 Å². The van der Waals surface area contributed by atoms with Crippen LogP contribution in [0.15, 0.2) is 24.3 Å². The molecule has 1 aromatic carbocycles. The summed E-state index contributed by atoms with van der Waals surface area (Å²) in [5, 5.41) is 18.8. The van der Waals surface area contributed by atoms with E-state index >= 15 is 0 Å². The molecule has 1 saturated heterocycles. The maximum atomic E-state index is 9.42. The summed E-state index contributed by atoms with van der Waals surface area (Å²) >= 11 is 0. The van der Waals surface area contributed by atoms with Crippen molar-refractivity contribution < 1.29 is 19.7 Å². The summed E-state index contributed by atoms with van der Waals surface area (Å²) in [4.78, 5) is 0. The van der Waals surface area contributed by atoms with Gasteiger partial charge in [0.25, 0.3) is 0 Å². The zero-order valence-electron chi connectivity index (χ0n) is 16.1. The lowest BCUT2D eigenvalue weighted by atomic mass is 9.90. The summed E-state index contributed by atoms with van der Waals surface area (Å²) in [5.74, 6) is -0.825. The minimum absolute atomic E-state index is 0.267. The Morgan fingerprint density at radius 2 is 1.62 bits per heavy atom. The van der Waals surface area contributed by atoms with Crippen LogP contribution in [0.2, 0.25) is 0 Å². The summed E-state index contributed by atoms with van der Waals surface area (Å²) in [5.41, 5.74) is 7.31. The monoisotopic (exact) mass is 365 g/mol. The predicted octanol–water partition coefficient (Wildman–Crippen LogP) is 2.86. The van der Waals surface area contributed by atoms with E-state index in [2.05, 4.69) is 31.2 Å². The molecule has 0 saturated carbocycles. The SMILES string of the molecule is CCCCCCCc1ccc(C2(CCC(N)(CO)CO)OCCO2)cc1. The third kappa shape index (κ3) is 5.76. The van der Waals surface area contributed by atoms with Crippen LogP contribution in [0.4, 0.5) is 0 Å². The van der Waals surface area contributed by atoms with Gasteiger partial charge in [0, 0.05) is 12.0 Å². The standard InChI is InChI=1S/C21H35NO4/c1-2-3-4-5-6-7-18-8-10-19(11-9-18)21(25-14-15-26-21)13-12-20(22,16-23)17-24/h8-11,23-24H,2-7,12-17,22H2,1H3. The summed E-state index contributed by atoms with van der Waals surface area (Å²) in [7, 11) is 0. The van der Waals surface area contributed by atoms with Crippen molar-refractivity contribution in [3.8, 4) is 0 Å². The van der Waals surface area contributed by atoms with E-state index in [0.29, 0.717) is 26.1 Å². The first-order valence-electron chi connectivity index (χ1n) is 9.95. The first kappa shape index (κ1) is 21.3. The molecule has 26 heavy (non-hydrogen) atoms. The number of hydrogen-bond acceptors (Lipinski definition) is 5.